The minimum atomic E-state index is -0.288. The molecule has 0 aliphatic carbocycles. The number of alkyl halides is 1. The first-order valence-corrected chi connectivity index (χ1v) is 7.77. The zero-order chi connectivity index (χ0) is 14.8. The summed E-state index contributed by atoms with van der Waals surface area (Å²) in [5.74, 6) is -0.00989. The van der Waals surface area contributed by atoms with Gasteiger partial charge < -0.3 is 5.32 Å². The first kappa shape index (κ1) is 14.4. The molecule has 0 bridgehead atoms. The number of rotatable bonds is 2. The van der Waals surface area contributed by atoms with Gasteiger partial charge in [0.05, 0.1) is 5.38 Å². The summed E-state index contributed by atoms with van der Waals surface area (Å²) in [6.07, 6.45) is 1.89. The third-order valence-corrected chi connectivity index (χ3v) is 4.50. The van der Waals surface area contributed by atoms with Crippen molar-refractivity contribution in [3.63, 3.8) is 0 Å². The molecule has 1 heterocycles. The lowest BCUT2D eigenvalue weighted by molar-refractivity contribution is 0.0956. The van der Waals surface area contributed by atoms with Crippen LogP contribution in [0.1, 0.15) is 38.8 Å². The number of carbonyl (C=O) groups excluding carboxylic acids is 1. The molecule has 1 unspecified atom stereocenters. The maximum atomic E-state index is 12.1. The number of nitrogens with one attached hydrogen (secondary N) is 1. The fraction of sp³-hybridized carbons (Fsp3) is 0.235. The molecule has 0 saturated heterocycles. The summed E-state index contributed by atoms with van der Waals surface area (Å²) in [6, 6.07) is 13.4. The maximum absolute atomic E-state index is 12.1. The van der Waals surface area contributed by atoms with Crippen LogP contribution >= 0.6 is 23.2 Å². The zero-order valence-electron chi connectivity index (χ0n) is 11.4. The van der Waals surface area contributed by atoms with Gasteiger partial charge in [-0.25, -0.2) is 0 Å². The zero-order valence-corrected chi connectivity index (χ0v) is 12.9. The van der Waals surface area contributed by atoms with E-state index >= 15 is 0 Å². The number of hydrogen-bond donors (Lipinski definition) is 1. The van der Waals surface area contributed by atoms with Gasteiger partial charge in [0, 0.05) is 17.1 Å². The molecule has 0 spiro atoms. The molecule has 2 nitrogen and oxygen atoms in total. The number of carbonyl (C=O) groups is 1. The Labute approximate surface area is 134 Å². The van der Waals surface area contributed by atoms with Crippen LogP contribution in [0.15, 0.2) is 42.5 Å². The fourth-order valence-corrected chi connectivity index (χ4v) is 2.99. The van der Waals surface area contributed by atoms with Crippen molar-refractivity contribution in [2.75, 3.05) is 6.54 Å². The van der Waals surface area contributed by atoms with E-state index in [0.717, 1.165) is 41.6 Å². The standard InChI is InChI=1S/C17H15Cl2NO/c18-14-7-5-12(6-8-14)16(19)13-4-3-11-2-1-9-20-17(21)15(11)10-13/h3-8,10,16H,1-2,9H2,(H,20,21). The molecule has 1 aliphatic heterocycles. The third kappa shape index (κ3) is 3.07. The van der Waals surface area contributed by atoms with Crippen molar-refractivity contribution in [3.8, 4) is 0 Å². The summed E-state index contributed by atoms with van der Waals surface area (Å²) in [5.41, 5.74) is 3.73. The molecular weight excluding hydrogens is 305 g/mol. The van der Waals surface area contributed by atoms with Crippen LogP contribution in [-0.2, 0) is 6.42 Å². The van der Waals surface area contributed by atoms with E-state index in [1.807, 2.05) is 42.5 Å². The Bertz CT molecular complexity index is 667. The molecule has 3 rings (SSSR count). The van der Waals surface area contributed by atoms with Crippen molar-refractivity contribution in [1.82, 2.24) is 5.32 Å². The van der Waals surface area contributed by atoms with Crippen molar-refractivity contribution < 1.29 is 4.79 Å². The van der Waals surface area contributed by atoms with Gasteiger partial charge in [-0.2, -0.15) is 0 Å². The predicted molar refractivity (Wildman–Crippen MR) is 86.2 cm³/mol. The molecule has 4 heteroatoms. The van der Waals surface area contributed by atoms with Gasteiger partial charge in [-0.1, -0.05) is 35.9 Å². The van der Waals surface area contributed by atoms with E-state index in [-0.39, 0.29) is 11.3 Å². The summed E-state index contributed by atoms with van der Waals surface area (Å²) in [5, 5.41) is 3.31. The van der Waals surface area contributed by atoms with Gasteiger partial charge in [0.25, 0.3) is 5.91 Å². The Morgan fingerprint density at radius 2 is 1.76 bits per heavy atom. The molecule has 1 N–H and O–H groups in total. The van der Waals surface area contributed by atoms with Crippen LogP contribution < -0.4 is 5.32 Å². The van der Waals surface area contributed by atoms with Crippen molar-refractivity contribution in [2.45, 2.75) is 18.2 Å². The quantitative estimate of drug-likeness (QED) is 0.819. The van der Waals surface area contributed by atoms with E-state index in [1.165, 1.54) is 0 Å². The molecule has 0 saturated carbocycles. The maximum Gasteiger partial charge on any atom is 0.251 e. The van der Waals surface area contributed by atoms with E-state index in [4.69, 9.17) is 23.2 Å². The van der Waals surface area contributed by atoms with Gasteiger partial charge >= 0.3 is 0 Å². The van der Waals surface area contributed by atoms with Gasteiger partial charge in [-0.3, -0.25) is 4.79 Å². The first-order valence-electron chi connectivity index (χ1n) is 6.96. The highest BCUT2D eigenvalue weighted by Gasteiger charge is 2.18. The minimum Gasteiger partial charge on any atom is -0.352 e. The molecule has 0 fully saturated rings. The number of aryl methyl sites for hydroxylation is 1. The SMILES string of the molecule is O=C1NCCCc2ccc(C(Cl)c3ccc(Cl)cc3)cc21. The summed E-state index contributed by atoms with van der Waals surface area (Å²) < 4.78 is 0. The van der Waals surface area contributed by atoms with Crippen LogP contribution in [-0.4, -0.2) is 12.5 Å². The average Bonchev–Trinajstić information content (AvgIpc) is 2.69. The highest BCUT2D eigenvalue weighted by Crippen LogP contribution is 2.31. The molecule has 1 atom stereocenters. The van der Waals surface area contributed by atoms with E-state index in [9.17, 15) is 4.79 Å². The van der Waals surface area contributed by atoms with Gasteiger partial charge in [0.2, 0.25) is 0 Å². The highest BCUT2D eigenvalue weighted by atomic mass is 35.5. The lowest BCUT2D eigenvalue weighted by Crippen LogP contribution is -2.22. The van der Waals surface area contributed by atoms with Gasteiger partial charge in [-0.15, -0.1) is 11.6 Å². The first-order chi connectivity index (χ1) is 10.1. The molecule has 1 aliphatic rings. The van der Waals surface area contributed by atoms with Crippen molar-refractivity contribution in [1.29, 1.82) is 0 Å². The monoisotopic (exact) mass is 319 g/mol. The minimum absolute atomic E-state index is 0.00989. The normalized spacial score (nSPS) is 15.8. The summed E-state index contributed by atoms with van der Waals surface area (Å²) >= 11 is 12.4. The largest absolute Gasteiger partial charge is 0.352 e. The summed E-state index contributed by atoms with van der Waals surface area (Å²) in [4.78, 5) is 12.1. The Balaban J connectivity index is 1.96. The van der Waals surface area contributed by atoms with Crippen molar-refractivity contribution >= 4 is 29.1 Å². The highest BCUT2D eigenvalue weighted by molar-refractivity contribution is 6.30. The number of hydrogen-bond acceptors (Lipinski definition) is 1. The lowest BCUT2D eigenvalue weighted by atomic mass is 9.97. The number of fused-ring (bicyclic) bond motifs is 1. The lowest BCUT2D eigenvalue weighted by Gasteiger charge is -2.13. The van der Waals surface area contributed by atoms with E-state index in [2.05, 4.69) is 5.32 Å². The van der Waals surface area contributed by atoms with Gasteiger partial charge in [0.1, 0.15) is 0 Å². The second-order valence-corrected chi connectivity index (χ2v) is 6.06. The van der Waals surface area contributed by atoms with Crippen LogP contribution in [0.4, 0.5) is 0 Å². The van der Waals surface area contributed by atoms with Crippen LogP contribution in [0.25, 0.3) is 0 Å². The van der Waals surface area contributed by atoms with Crippen LogP contribution in [0, 0.1) is 0 Å². The van der Waals surface area contributed by atoms with Gasteiger partial charge in [0.15, 0.2) is 0 Å². The van der Waals surface area contributed by atoms with E-state index in [1.54, 1.807) is 0 Å². The molecule has 21 heavy (non-hydrogen) atoms. The van der Waals surface area contributed by atoms with Crippen LogP contribution in [0.3, 0.4) is 0 Å². The van der Waals surface area contributed by atoms with Crippen LogP contribution in [0.5, 0.6) is 0 Å². The van der Waals surface area contributed by atoms with Crippen molar-refractivity contribution in [3.05, 3.63) is 69.7 Å². The number of benzene rings is 2. The molecule has 0 aromatic heterocycles. The number of halogens is 2. The van der Waals surface area contributed by atoms with Crippen LogP contribution in [0.2, 0.25) is 5.02 Å². The molecule has 108 valence electrons. The third-order valence-electron chi connectivity index (χ3n) is 3.74. The Kier molecular flexibility index (Phi) is 4.18. The second-order valence-electron chi connectivity index (χ2n) is 5.19. The predicted octanol–water partition coefficient (Wildman–Crippen LogP) is 4.34. The summed E-state index contributed by atoms with van der Waals surface area (Å²) in [7, 11) is 0. The van der Waals surface area contributed by atoms with Crippen molar-refractivity contribution in [2.24, 2.45) is 0 Å². The smallest absolute Gasteiger partial charge is 0.251 e. The topological polar surface area (TPSA) is 29.1 Å². The Morgan fingerprint density at radius 1 is 1.05 bits per heavy atom. The molecule has 2 aromatic carbocycles. The van der Waals surface area contributed by atoms with E-state index in [0.29, 0.717) is 5.02 Å². The molecule has 2 aromatic rings. The summed E-state index contributed by atoms with van der Waals surface area (Å²) in [6.45, 7) is 0.727. The van der Waals surface area contributed by atoms with E-state index < -0.39 is 0 Å². The second kappa shape index (κ2) is 6.08. The number of amides is 1. The fourth-order valence-electron chi connectivity index (χ4n) is 2.58. The Morgan fingerprint density at radius 3 is 2.52 bits per heavy atom. The average molecular weight is 320 g/mol. The molecular formula is C17H15Cl2NO. The molecule has 0 radical (unpaired) electrons. The molecule has 1 amide bonds. The van der Waals surface area contributed by atoms with Gasteiger partial charge in [-0.05, 0) is 47.7 Å². The Hall–Kier alpha value is -1.51.